The smallest absolute Gasteiger partial charge is 0.242 e. The lowest BCUT2D eigenvalue weighted by Crippen LogP contribution is -2.39. The van der Waals surface area contributed by atoms with E-state index in [0.717, 1.165) is 25.1 Å². The van der Waals surface area contributed by atoms with E-state index in [0.29, 0.717) is 6.54 Å². The predicted octanol–water partition coefficient (Wildman–Crippen LogP) is 1.79. The van der Waals surface area contributed by atoms with Crippen LogP contribution in [0, 0.1) is 0 Å². The van der Waals surface area contributed by atoms with E-state index < -0.39 is 0 Å². The summed E-state index contributed by atoms with van der Waals surface area (Å²) in [6.07, 6.45) is 5.06. The van der Waals surface area contributed by atoms with E-state index in [-0.39, 0.29) is 23.5 Å². The fourth-order valence-corrected chi connectivity index (χ4v) is 2.71. The monoisotopic (exact) mass is 298 g/mol. The Kier molecular flexibility index (Phi) is 4.29. The van der Waals surface area contributed by atoms with Gasteiger partial charge in [0, 0.05) is 18.9 Å². The molecule has 0 aliphatic carbocycles. The third kappa shape index (κ3) is 3.23. The minimum Gasteiger partial charge on any atom is -0.504 e. The van der Waals surface area contributed by atoms with Crippen LogP contribution in [0.4, 0.5) is 5.82 Å². The molecule has 6 heteroatoms. The third-order valence-electron chi connectivity index (χ3n) is 3.79. The minimum atomic E-state index is -0.219. The number of carbonyl (C=O) groups is 1. The number of likely N-dealkylation sites (tertiary alicyclic amines) is 1. The van der Waals surface area contributed by atoms with Crippen LogP contribution in [0.2, 0.25) is 0 Å². The van der Waals surface area contributed by atoms with Crippen molar-refractivity contribution in [1.82, 2.24) is 14.9 Å². The Morgan fingerprint density at radius 3 is 2.91 bits per heavy atom. The number of aromatic hydroxyl groups is 1. The molecule has 0 radical (unpaired) electrons. The van der Waals surface area contributed by atoms with Crippen molar-refractivity contribution in [3.05, 3.63) is 48.4 Å². The molecule has 6 nitrogen and oxygen atoms in total. The van der Waals surface area contributed by atoms with Crippen LogP contribution in [0.1, 0.15) is 18.5 Å². The van der Waals surface area contributed by atoms with E-state index >= 15 is 0 Å². The Morgan fingerprint density at radius 1 is 1.27 bits per heavy atom. The zero-order valence-electron chi connectivity index (χ0n) is 12.1. The molecule has 1 aliphatic heterocycles. The van der Waals surface area contributed by atoms with Gasteiger partial charge in [-0.1, -0.05) is 6.07 Å². The highest BCUT2D eigenvalue weighted by atomic mass is 16.3. The summed E-state index contributed by atoms with van der Waals surface area (Å²) in [5.74, 6) is 0.0461. The average molecular weight is 298 g/mol. The van der Waals surface area contributed by atoms with Gasteiger partial charge in [0.2, 0.25) is 5.91 Å². The topological polar surface area (TPSA) is 78.3 Å². The lowest BCUT2D eigenvalue weighted by molar-refractivity contribution is -0.120. The molecular formula is C16H18N4O2. The quantitative estimate of drug-likeness (QED) is 0.899. The molecule has 2 N–H and O–H groups in total. The lowest BCUT2D eigenvalue weighted by atomic mass is 10.2. The van der Waals surface area contributed by atoms with E-state index in [1.54, 1.807) is 12.3 Å². The lowest BCUT2D eigenvalue weighted by Gasteiger charge is -2.23. The number of aromatic nitrogens is 2. The van der Waals surface area contributed by atoms with Crippen molar-refractivity contribution in [3.8, 4) is 5.75 Å². The van der Waals surface area contributed by atoms with Gasteiger partial charge in [0.05, 0.1) is 11.7 Å². The molecule has 0 bridgehead atoms. The summed E-state index contributed by atoms with van der Waals surface area (Å²) in [6, 6.07) is 8.68. The maximum atomic E-state index is 12.4. The van der Waals surface area contributed by atoms with E-state index in [1.165, 1.54) is 12.3 Å². The molecule has 1 saturated heterocycles. The molecule has 22 heavy (non-hydrogen) atoms. The summed E-state index contributed by atoms with van der Waals surface area (Å²) < 4.78 is 0. The molecule has 0 saturated carbocycles. The first-order chi connectivity index (χ1) is 10.7. The Balaban J connectivity index is 1.67. The summed E-state index contributed by atoms with van der Waals surface area (Å²) in [7, 11) is 0. The Morgan fingerprint density at radius 2 is 2.14 bits per heavy atom. The molecule has 1 amide bonds. The first kappa shape index (κ1) is 14.5. The molecule has 2 aromatic heterocycles. The standard InChI is InChI=1S/C16H18N4O2/c21-14-7-3-9-18-15(14)19-16(22)13-6-4-10-20(13)11-12-5-1-2-8-17-12/h1-3,5,7-9,13,21H,4,6,10-11H2,(H,18,19,22)/t13-/m0/s1. The van der Waals surface area contributed by atoms with Crippen molar-refractivity contribution >= 4 is 11.7 Å². The molecule has 0 spiro atoms. The molecule has 2 aromatic rings. The number of rotatable bonds is 4. The number of nitrogens with one attached hydrogen (secondary N) is 1. The maximum Gasteiger partial charge on any atom is 0.242 e. The SMILES string of the molecule is O=C(Nc1ncccc1O)[C@@H]1CCCN1Cc1ccccn1. The van der Waals surface area contributed by atoms with Gasteiger partial charge in [-0.05, 0) is 43.7 Å². The fraction of sp³-hybridized carbons (Fsp3) is 0.312. The molecule has 3 rings (SSSR count). The van der Waals surface area contributed by atoms with Crippen molar-refractivity contribution in [2.45, 2.75) is 25.4 Å². The van der Waals surface area contributed by atoms with Crippen molar-refractivity contribution in [3.63, 3.8) is 0 Å². The molecule has 1 aliphatic rings. The second-order valence-electron chi connectivity index (χ2n) is 5.31. The number of hydrogen-bond acceptors (Lipinski definition) is 5. The number of anilines is 1. The van der Waals surface area contributed by atoms with Crippen LogP contribution in [-0.2, 0) is 11.3 Å². The minimum absolute atomic E-state index is 0.0230. The van der Waals surface area contributed by atoms with Gasteiger partial charge in [-0.15, -0.1) is 0 Å². The fourth-order valence-electron chi connectivity index (χ4n) is 2.71. The Labute approximate surface area is 128 Å². The maximum absolute atomic E-state index is 12.4. The van der Waals surface area contributed by atoms with Gasteiger partial charge in [0.25, 0.3) is 0 Å². The number of nitrogens with zero attached hydrogens (tertiary/aromatic N) is 3. The van der Waals surface area contributed by atoms with Gasteiger partial charge < -0.3 is 10.4 Å². The van der Waals surface area contributed by atoms with Crippen LogP contribution >= 0.6 is 0 Å². The van der Waals surface area contributed by atoms with Gasteiger partial charge in [-0.25, -0.2) is 4.98 Å². The first-order valence-corrected chi connectivity index (χ1v) is 7.33. The highest BCUT2D eigenvalue weighted by Gasteiger charge is 2.31. The Hall–Kier alpha value is -2.47. The molecule has 3 heterocycles. The average Bonchev–Trinajstić information content (AvgIpc) is 2.99. The first-order valence-electron chi connectivity index (χ1n) is 7.33. The normalized spacial score (nSPS) is 18.3. The zero-order valence-corrected chi connectivity index (χ0v) is 12.1. The van der Waals surface area contributed by atoms with Gasteiger partial charge in [-0.3, -0.25) is 14.7 Å². The second kappa shape index (κ2) is 6.53. The van der Waals surface area contributed by atoms with Crippen molar-refractivity contribution in [1.29, 1.82) is 0 Å². The van der Waals surface area contributed by atoms with Crippen LogP contribution in [0.5, 0.6) is 5.75 Å². The van der Waals surface area contributed by atoms with Crippen molar-refractivity contribution < 1.29 is 9.90 Å². The van der Waals surface area contributed by atoms with Gasteiger partial charge >= 0.3 is 0 Å². The van der Waals surface area contributed by atoms with Crippen LogP contribution in [0.15, 0.2) is 42.7 Å². The highest BCUT2D eigenvalue weighted by Crippen LogP contribution is 2.23. The van der Waals surface area contributed by atoms with Crippen molar-refractivity contribution in [2.24, 2.45) is 0 Å². The van der Waals surface area contributed by atoms with Gasteiger partial charge in [-0.2, -0.15) is 0 Å². The van der Waals surface area contributed by atoms with Crippen LogP contribution in [0.25, 0.3) is 0 Å². The van der Waals surface area contributed by atoms with E-state index in [9.17, 15) is 9.90 Å². The zero-order chi connectivity index (χ0) is 15.4. The highest BCUT2D eigenvalue weighted by molar-refractivity contribution is 5.95. The van der Waals surface area contributed by atoms with E-state index in [1.807, 2.05) is 18.2 Å². The molecule has 1 fully saturated rings. The summed E-state index contributed by atoms with van der Waals surface area (Å²) in [6.45, 7) is 1.51. The number of hydrogen-bond donors (Lipinski definition) is 2. The predicted molar refractivity (Wildman–Crippen MR) is 82.2 cm³/mol. The summed E-state index contributed by atoms with van der Waals surface area (Å²) in [4.78, 5) is 22.8. The summed E-state index contributed by atoms with van der Waals surface area (Å²) in [5, 5.41) is 12.4. The van der Waals surface area contributed by atoms with E-state index in [4.69, 9.17) is 0 Å². The van der Waals surface area contributed by atoms with Gasteiger partial charge in [0.1, 0.15) is 0 Å². The van der Waals surface area contributed by atoms with Crippen LogP contribution < -0.4 is 5.32 Å². The molecule has 1 atom stereocenters. The molecule has 0 unspecified atom stereocenters. The summed E-state index contributed by atoms with van der Waals surface area (Å²) >= 11 is 0. The van der Waals surface area contributed by atoms with Gasteiger partial charge in [0.15, 0.2) is 11.6 Å². The largest absolute Gasteiger partial charge is 0.504 e. The van der Waals surface area contributed by atoms with Crippen molar-refractivity contribution in [2.75, 3.05) is 11.9 Å². The second-order valence-corrected chi connectivity index (χ2v) is 5.31. The van der Waals surface area contributed by atoms with Crippen LogP contribution in [0.3, 0.4) is 0 Å². The Bertz CT molecular complexity index is 648. The molecule has 114 valence electrons. The van der Waals surface area contributed by atoms with E-state index in [2.05, 4.69) is 20.2 Å². The number of pyridine rings is 2. The molecular weight excluding hydrogens is 280 g/mol. The summed E-state index contributed by atoms with van der Waals surface area (Å²) in [5.41, 5.74) is 0.947. The number of amides is 1. The third-order valence-corrected chi connectivity index (χ3v) is 3.79. The number of carbonyl (C=O) groups excluding carboxylic acids is 1. The van der Waals surface area contributed by atoms with Crippen LogP contribution in [-0.4, -0.2) is 38.5 Å². The molecule has 0 aromatic carbocycles.